The molecular formula is C19H22N2O3. The molecule has 1 amide bonds. The van der Waals surface area contributed by atoms with Crippen LogP contribution in [0, 0.1) is 6.92 Å². The van der Waals surface area contributed by atoms with E-state index in [1.165, 1.54) is 0 Å². The van der Waals surface area contributed by atoms with Crippen LogP contribution in [0.5, 0.6) is 5.75 Å². The van der Waals surface area contributed by atoms with Crippen molar-refractivity contribution in [3.05, 3.63) is 59.7 Å². The second-order valence-electron chi connectivity index (χ2n) is 6.01. The van der Waals surface area contributed by atoms with Crippen molar-refractivity contribution in [1.82, 2.24) is 0 Å². The Morgan fingerprint density at radius 2 is 1.92 bits per heavy atom. The van der Waals surface area contributed by atoms with Gasteiger partial charge in [0, 0.05) is 12.1 Å². The molecule has 1 aliphatic rings. The molecule has 0 aliphatic carbocycles. The summed E-state index contributed by atoms with van der Waals surface area (Å²) in [5.74, 6) is 0.531. The minimum absolute atomic E-state index is 0.111. The van der Waals surface area contributed by atoms with Gasteiger partial charge in [-0.3, -0.25) is 4.79 Å². The molecule has 3 rings (SSSR count). The maximum absolute atomic E-state index is 12.3. The van der Waals surface area contributed by atoms with Gasteiger partial charge in [0.15, 0.2) is 0 Å². The Kier molecular flexibility index (Phi) is 5.13. The predicted octanol–water partition coefficient (Wildman–Crippen LogP) is 2.80. The highest BCUT2D eigenvalue weighted by Gasteiger charge is 2.18. The predicted molar refractivity (Wildman–Crippen MR) is 93.0 cm³/mol. The third-order valence-corrected chi connectivity index (χ3v) is 4.03. The molecule has 2 unspecified atom stereocenters. The molecule has 5 heteroatoms. The van der Waals surface area contributed by atoms with Crippen molar-refractivity contribution < 1.29 is 14.3 Å². The van der Waals surface area contributed by atoms with Crippen molar-refractivity contribution >= 4 is 11.6 Å². The standard InChI is InChI=1S/C19H22N2O3/c1-13-2-4-14(5-3-13)18(20)19(22)21-15-6-8-16(9-7-15)24-17-10-11-23-12-17/h2-9,17-18H,10-12,20H2,1H3,(H,21,22). The number of nitrogens with one attached hydrogen (secondary N) is 1. The van der Waals surface area contributed by atoms with Crippen molar-refractivity contribution in [3.63, 3.8) is 0 Å². The number of carbonyl (C=O) groups is 1. The highest BCUT2D eigenvalue weighted by atomic mass is 16.5. The number of anilines is 1. The van der Waals surface area contributed by atoms with Crippen molar-refractivity contribution in [1.29, 1.82) is 0 Å². The zero-order valence-corrected chi connectivity index (χ0v) is 13.7. The Morgan fingerprint density at radius 1 is 1.21 bits per heavy atom. The molecule has 126 valence electrons. The first-order valence-electron chi connectivity index (χ1n) is 8.09. The minimum atomic E-state index is -0.697. The average Bonchev–Trinajstić information content (AvgIpc) is 3.09. The van der Waals surface area contributed by atoms with Crippen LogP contribution in [0.25, 0.3) is 0 Å². The number of aryl methyl sites for hydroxylation is 1. The summed E-state index contributed by atoms with van der Waals surface area (Å²) in [4.78, 5) is 12.3. The van der Waals surface area contributed by atoms with Gasteiger partial charge in [0.25, 0.3) is 0 Å². The Labute approximate surface area is 141 Å². The largest absolute Gasteiger partial charge is 0.488 e. The highest BCUT2D eigenvalue weighted by molar-refractivity contribution is 5.95. The molecule has 0 radical (unpaired) electrons. The Bertz CT molecular complexity index is 677. The van der Waals surface area contributed by atoms with E-state index in [0.717, 1.165) is 29.9 Å². The third-order valence-electron chi connectivity index (χ3n) is 4.03. The zero-order chi connectivity index (χ0) is 16.9. The summed E-state index contributed by atoms with van der Waals surface area (Å²) in [6, 6.07) is 14.2. The summed E-state index contributed by atoms with van der Waals surface area (Å²) >= 11 is 0. The van der Waals surface area contributed by atoms with Crippen LogP contribution in [0.3, 0.4) is 0 Å². The molecule has 0 spiro atoms. The van der Waals surface area contributed by atoms with Gasteiger partial charge in [0.05, 0.1) is 13.2 Å². The van der Waals surface area contributed by atoms with Crippen molar-refractivity contribution in [3.8, 4) is 5.75 Å². The Morgan fingerprint density at radius 3 is 2.54 bits per heavy atom. The van der Waals surface area contributed by atoms with Crippen LogP contribution in [-0.2, 0) is 9.53 Å². The Balaban J connectivity index is 1.58. The van der Waals surface area contributed by atoms with Crippen LogP contribution in [-0.4, -0.2) is 25.2 Å². The maximum atomic E-state index is 12.3. The first-order chi connectivity index (χ1) is 11.6. The lowest BCUT2D eigenvalue weighted by Crippen LogP contribution is -2.27. The van der Waals surface area contributed by atoms with Gasteiger partial charge in [-0.25, -0.2) is 0 Å². The van der Waals surface area contributed by atoms with E-state index in [1.807, 2.05) is 55.5 Å². The SMILES string of the molecule is Cc1ccc(C(N)C(=O)Nc2ccc(OC3CCOC3)cc2)cc1. The molecule has 1 heterocycles. The lowest BCUT2D eigenvalue weighted by Gasteiger charge is -2.14. The maximum Gasteiger partial charge on any atom is 0.245 e. The van der Waals surface area contributed by atoms with Crippen LogP contribution in [0.15, 0.2) is 48.5 Å². The average molecular weight is 326 g/mol. The fourth-order valence-corrected chi connectivity index (χ4v) is 2.56. The lowest BCUT2D eigenvalue weighted by atomic mass is 10.1. The summed E-state index contributed by atoms with van der Waals surface area (Å²) in [6.45, 7) is 3.37. The number of ether oxygens (including phenoxy) is 2. The molecule has 3 N–H and O–H groups in total. The molecule has 24 heavy (non-hydrogen) atoms. The smallest absolute Gasteiger partial charge is 0.245 e. The molecule has 5 nitrogen and oxygen atoms in total. The van der Waals surface area contributed by atoms with Gasteiger partial charge >= 0.3 is 0 Å². The van der Waals surface area contributed by atoms with Crippen LogP contribution in [0.4, 0.5) is 5.69 Å². The Hall–Kier alpha value is -2.37. The second-order valence-corrected chi connectivity index (χ2v) is 6.01. The quantitative estimate of drug-likeness (QED) is 0.886. The topological polar surface area (TPSA) is 73.6 Å². The second kappa shape index (κ2) is 7.47. The van der Waals surface area contributed by atoms with Gasteiger partial charge < -0.3 is 20.5 Å². The van der Waals surface area contributed by atoms with E-state index in [0.29, 0.717) is 12.3 Å². The van der Waals surface area contributed by atoms with Crippen molar-refractivity contribution in [2.24, 2.45) is 5.73 Å². The van der Waals surface area contributed by atoms with Gasteiger partial charge in [-0.15, -0.1) is 0 Å². The number of amides is 1. The van der Waals surface area contributed by atoms with E-state index in [1.54, 1.807) is 0 Å². The third kappa shape index (κ3) is 4.13. The van der Waals surface area contributed by atoms with Crippen LogP contribution in [0.1, 0.15) is 23.6 Å². The van der Waals surface area contributed by atoms with E-state index < -0.39 is 6.04 Å². The zero-order valence-electron chi connectivity index (χ0n) is 13.7. The summed E-state index contributed by atoms with van der Waals surface area (Å²) in [5.41, 5.74) is 8.64. The number of nitrogens with two attached hydrogens (primary N) is 1. The summed E-state index contributed by atoms with van der Waals surface area (Å²) in [5, 5.41) is 2.83. The minimum Gasteiger partial charge on any atom is -0.488 e. The van der Waals surface area contributed by atoms with E-state index in [2.05, 4.69) is 5.32 Å². The molecular weight excluding hydrogens is 304 g/mol. The summed E-state index contributed by atoms with van der Waals surface area (Å²) < 4.78 is 11.1. The van der Waals surface area contributed by atoms with Crippen LogP contribution >= 0.6 is 0 Å². The molecule has 0 aromatic heterocycles. The molecule has 1 saturated heterocycles. The molecule has 2 aromatic carbocycles. The number of rotatable bonds is 5. The number of hydrogen-bond acceptors (Lipinski definition) is 4. The van der Waals surface area contributed by atoms with E-state index in [-0.39, 0.29) is 12.0 Å². The summed E-state index contributed by atoms with van der Waals surface area (Å²) in [7, 11) is 0. The van der Waals surface area contributed by atoms with E-state index >= 15 is 0 Å². The fourth-order valence-electron chi connectivity index (χ4n) is 2.56. The molecule has 0 saturated carbocycles. The highest BCUT2D eigenvalue weighted by Crippen LogP contribution is 2.21. The number of carbonyl (C=O) groups excluding carboxylic acids is 1. The van der Waals surface area contributed by atoms with Crippen molar-refractivity contribution in [2.75, 3.05) is 18.5 Å². The van der Waals surface area contributed by atoms with Gasteiger partial charge in [-0.1, -0.05) is 29.8 Å². The van der Waals surface area contributed by atoms with E-state index in [9.17, 15) is 4.79 Å². The molecule has 0 bridgehead atoms. The molecule has 2 atom stereocenters. The molecule has 2 aromatic rings. The normalized spacial score (nSPS) is 18.2. The number of hydrogen-bond donors (Lipinski definition) is 2. The summed E-state index contributed by atoms with van der Waals surface area (Å²) in [6.07, 6.45) is 1.02. The van der Waals surface area contributed by atoms with Crippen LogP contribution in [0.2, 0.25) is 0 Å². The van der Waals surface area contributed by atoms with E-state index in [4.69, 9.17) is 15.2 Å². The first-order valence-corrected chi connectivity index (χ1v) is 8.09. The van der Waals surface area contributed by atoms with Crippen LogP contribution < -0.4 is 15.8 Å². The molecule has 1 fully saturated rings. The lowest BCUT2D eigenvalue weighted by molar-refractivity contribution is -0.117. The first kappa shape index (κ1) is 16.5. The van der Waals surface area contributed by atoms with Gasteiger partial charge in [-0.05, 0) is 36.8 Å². The van der Waals surface area contributed by atoms with Gasteiger partial charge in [0.2, 0.25) is 5.91 Å². The number of benzene rings is 2. The fraction of sp³-hybridized carbons (Fsp3) is 0.316. The van der Waals surface area contributed by atoms with Crippen molar-refractivity contribution in [2.45, 2.75) is 25.5 Å². The monoisotopic (exact) mass is 326 g/mol. The van der Waals surface area contributed by atoms with Gasteiger partial charge in [0.1, 0.15) is 17.9 Å². The molecule has 1 aliphatic heterocycles. The van der Waals surface area contributed by atoms with Gasteiger partial charge in [-0.2, -0.15) is 0 Å².